The molecule has 0 bridgehead atoms. The topological polar surface area (TPSA) is 20.3 Å². The molecule has 1 amide bonds. The first-order valence-electron chi connectivity index (χ1n) is 9.77. The van der Waals surface area contributed by atoms with E-state index >= 15 is 0 Å². The quantitative estimate of drug-likeness (QED) is 0.340. The molecule has 0 N–H and O–H groups in total. The zero-order chi connectivity index (χ0) is 18.8. The number of nitrogens with zero attached hydrogens (tertiary/aromatic N) is 1. The normalized spacial score (nSPS) is 10.5. The first-order valence-corrected chi connectivity index (χ1v) is 9.77. The number of carbonyl (C=O) groups excluding carboxylic acids is 1. The number of benzene rings is 2. The van der Waals surface area contributed by atoms with Crippen LogP contribution in [0.15, 0.2) is 66.7 Å². The van der Waals surface area contributed by atoms with Gasteiger partial charge in [-0.15, -0.1) is 0 Å². The van der Waals surface area contributed by atoms with E-state index in [0.29, 0.717) is 5.57 Å². The summed E-state index contributed by atoms with van der Waals surface area (Å²) in [7, 11) is 0. The number of aryl methyl sites for hydroxylation is 1. The highest BCUT2D eigenvalue weighted by Crippen LogP contribution is 2.27. The fourth-order valence-corrected chi connectivity index (χ4v) is 3.07. The predicted molar refractivity (Wildman–Crippen MR) is 112 cm³/mol. The second-order valence-corrected chi connectivity index (χ2v) is 6.94. The van der Waals surface area contributed by atoms with Gasteiger partial charge in [-0.1, -0.05) is 75.9 Å². The molecule has 0 saturated carbocycles. The van der Waals surface area contributed by atoms with Crippen molar-refractivity contribution in [3.63, 3.8) is 0 Å². The Balaban J connectivity index is 2.03. The third-order valence-electron chi connectivity index (χ3n) is 4.60. The summed E-state index contributed by atoms with van der Waals surface area (Å²) in [6, 6.07) is 18.1. The maximum absolute atomic E-state index is 12.7. The molecule has 2 heteroatoms. The Hall–Kier alpha value is -2.35. The van der Waals surface area contributed by atoms with Crippen LogP contribution in [0.25, 0.3) is 0 Å². The number of unbranched alkanes of at least 4 members (excludes halogenated alkanes) is 5. The highest BCUT2D eigenvalue weighted by atomic mass is 16.2. The van der Waals surface area contributed by atoms with Crippen molar-refractivity contribution in [2.45, 2.75) is 58.8 Å². The first kappa shape index (κ1) is 20.0. The highest BCUT2D eigenvalue weighted by molar-refractivity contribution is 6.09. The van der Waals surface area contributed by atoms with Gasteiger partial charge in [0, 0.05) is 16.9 Å². The molecule has 2 aromatic rings. The lowest BCUT2D eigenvalue weighted by molar-refractivity contribution is -0.114. The molecule has 0 spiro atoms. The molecule has 0 unspecified atom stereocenters. The number of rotatable bonds is 10. The number of anilines is 2. The second kappa shape index (κ2) is 10.6. The van der Waals surface area contributed by atoms with Crippen LogP contribution in [-0.4, -0.2) is 5.91 Å². The van der Waals surface area contributed by atoms with Gasteiger partial charge in [-0.2, -0.15) is 0 Å². The fourth-order valence-electron chi connectivity index (χ4n) is 3.07. The van der Waals surface area contributed by atoms with Crippen LogP contribution < -0.4 is 4.90 Å². The summed E-state index contributed by atoms with van der Waals surface area (Å²) >= 11 is 0. The lowest BCUT2D eigenvalue weighted by Gasteiger charge is -2.23. The molecule has 2 aromatic carbocycles. The lowest BCUT2D eigenvalue weighted by Crippen LogP contribution is -2.26. The molecule has 2 nitrogen and oxygen atoms in total. The molecule has 26 heavy (non-hydrogen) atoms. The van der Waals surface area contributed by atoms with Crippen molar-refractivity contribution in [1.29, 1.82) is 0 Å². The largest absolute Gasteiger partial charge is 0.277 e. The molecule has 0 aliphatic heterocycles. The average molecular weight is 350 g/mol. The number of amides is 1. The van der Waals surface area contributed by atoms with E-state index in [1.807, 2.05) is 42.5 Å². The minimum absolute atomic E-state index is 0.0696. The van der Waals surface area contributed by atoms with E-state index in [-0.39, 0.29) is 5.91 Å². The molecule has 0 heterocycles. The third kappa shape index (κ3) is 5.87. The summed E-state index contributed by atoms with van der Waals surface area (Å²) in [4.78, 5) is 14.4. The first-order chi connectivity index (χ1) is 12.6. The van der Waals surface area contributed by atoms with E-state index in [1.165, 1.54) is 44.1 Å². The van der Waals surface area contributed by atoms with E-state index in [2.05, 4.69) is 25.6 Å². The zero-order valence-electron chi connectivity index (χ0n) is 16.2. The SMILES string of the molecule is C=C(C)C(=O)N(c1ccccc1)c1ccc(CCCCCCCC)cc1. The molecule has 0 aliphatic rings. The minimum atomic E-state index is -0.0696. The Morgan fingerprint density at radius 3 is 2.04 bits per heavy atom. The van der Waals surface area contributed by atoms with Crippen LogP contribution in [0, 0.1) is 0 Å². The van der Waals surface area contributed by atoms with Crippen LogP contribution in [0.3, 0.4) is 0 Å². The molecular weight excluding hydrogens is 318 g/mol. The van der Waals surface area contributed by atoms with Crippen LogP contribution >= 0.6 is 0 Å². The Bertz CT molecular complexity index is 688. The van der Waals surface area contributed by atoms with Crippen LogP contribution in [0.5, 0.6) is 0 Å². The van der Waals surface area contributed by atoms with Gasteiger partial charge in [0.1, 0.15) is 0 Å². The summed E-state index contributed by atoms with van der Waals surface area (Å²) < 4.78 is 0. The van der Waals surface area contributed by atoms with Crippen molar-refractivity contribution >= 4 is 17.3 Å². The van der Waals surface area contributed by atoms with Gasteiger partial charge >= 0.3 is 0 Å². The fraction of sp³-hybridized carbons (Fsp3) is 0.375. The summed E-state index contributed by atoms with van der Waals surface area (Å²) in [5.41, 5.74) is 3.62. The minimum Gasteiger partial charge on any atom is -0.277 e. The molecule has 0 aromatic heterocycles. The van der Waals surface area contributed by atoms with Crippen molar-refractivity contribution in [2.75, 3.05) is 4.90 Å². The number of hydrogen-bond acceptors (Lipinski definition) is 1. The Morgan fingerprint density at radius 2 is 1.42 bits per heavy atom. The van der Waals surface area contributed by atoms with Gasteiger partial charge in [0.05, 0.1) is 0 Å². The monoisotopic (exact) mass is 349 g/mol. The molecule has 0 radical (unpaired) electrons. The van der Waals surface area contributed by atoms with E-state index in [9.17, 15) is 4.79 Å². The molecule has 0 aliphatic carbocycles. The smallest absolute Gasteiger partial charge is 0.257 e. The number of para-hydroxylation sites is 1. The Kier molecular flexibility index (Phi) is 8.14. The Labute approximate surface area is 158 Å². The van der Waals surface area contributed by atoms with Gasteiger partial charge in [-0.3, -0.25) is 9.69 Å². The number of hydrogen-bond donors (Lipinski definition) is 0. The average Bonchev–Trinajstić information content (AvgIpc) is 2.66. The van der Waals surface area contributed by atoms with Crippen molar-refractivity contribution in [1.82, 2.24) is 0 Å². The van der Waals surface area contributed by atoms with E-state index in [1.54, 1.807) is 11.8 Å². The van der Waals surface area contributed by atoms with E-state index in [0.717, 1.165) is 17.8 Å². The van der Waals surface area contributed by atoms with E-state index < -0.39 is 0 Å². The standard InChI is InChI=1S/C24H31NO/c1-4-5-6-7-8-10-13-21-16-18-23(19-17-21)25(24(26)20(2)3)22-14-11-9-12-15-22/h9,11-12,14-19H,2,4-8,10,13H2,1,3H3. The van der Waals surface area contributed by atoms with Crippen molar-refractivity contribution in [3.8, 4) is 0 Å². The summed E-state index contributed by atoms with van der Waals surface area (Å²) in [5, 5.41) is 0. The lowest BCUT2D eigenvalue weighted by atomic mass is 10.0. The van der Waals surface area contributed by atoms with Gasteiger partial charge in [0.15, 0.2) is 0 Å². The number of carbonyl (C=O) groups is 1. The van der Waals surface area contributed by atoms with Gasteiger partial charge in [0.25, 0.3) is 5.91 Å². The van der Waals surface area contributed by atoms with Crippen LogP contribution in [0.4, 0.5) is 11.4 Å². The van der Waals surface area contributed by atoms with Crippen LogP contribution in [-0.2, 0) is 11.2 Å². The van der Waals surface area contributed by atoms with Crippen LogP contribution in [0.2, 0.25) is 0 Å². The van der Waals surface area contributed by atoms with Gasteiger partial charge in [-0.05, 0) is 49.6 Å². The summed E-state index contributed by atoms with van der Waals surface area (Å²) in [6.45, 7) is 7.83. The summed E-state index contributed by atoms with van der Waals surface area (Å²) in [6.07, 6.45) is 8.96. The van der Waals surface area contributed by atoms with Crippen molar-refractivity contribution in [2.24, 2.45) is 0 Å². The molecule has 138 valence electrons. The molecular formula is C24H31NO. The van der Waals surface area contributed by atoms with Gasteiger partial charge in [-0.25, -0.2) is 0 Å². The molecule has 2 rings (SSSR count). The summed E-state index contributed by atoms with van der Waals surface area (Å²) in [5.74, 6) is -0.0696. The van der Waals surface area contributed by atoms with Gasteiger partial charge in [0.2, 0.25) is 0 Å². The molecule has 0 fully saturated rings. The molecule has 0 atom stereocenters. The van der Waals surface area contributed by atoms with Crippen molar-refractivity contribution < 1.29 is 4.79 Å². The van der Waals surface area contributed by atoms with Crippen molar-refractivity contribution in [3.05, 3.63) is 72.3 Å². The Morgan fingerprint density at radius 1 is 0.846 bits per heavy atom. The molecule has 0 saturated heterocycles. The van der Waals surface area contributed by atoms with E-state index in [4.69, 9.17) is 0 Å². The third-order valence-corrected chi connectivity index (χ3v) is 4.60. The predicted octanol–water partition coefficient (Wildman–Crippen LogP) is 6.83. The zero-order valence-corrected chi connectivity index (χ0v) is 16.2. The highest BCUT2D eigenvalue weighted by Gasteiger charge is 2.18. The second-order valence-electron chi connectivity index (χ2n) is 6.94. The van der Waals surface area contributed by atoms with Gasteiger partial charge < -0.3 is 0 Å². The van der Waals surface area contributed by atoms with Crippen LogP contribution in [0.1, 0.15) is 57.9 Å². The maximum atomic E-state index is 12.7. The maximum Gasteiger partial charge on any atom is 0.257 e.